The highest BCUT2D eigenvalue weighted by Crippen LogP contribution is 2.26. The summed E-state index contributed by atoms with van der Waals surface area (Å²) in [5.41, 5.74) is 1.59. The number of rotatable bonds is 7. The Kier molecular flexibility index (Phi) is 5.80. The summed E-state index contributed by atoms with van der Waals surface area (Å²) >= 11 is 0.736. The lowest BCUT2D eigenvalue weighted by atomic mass is 10.2. The second-order valence-electron chi connectivity index (χ2n) is 6.87. The van der Waals surface area contributed by atoms with Crippen LogP contribution in [0, 0.1) is 0 Å². The van der Waals surface area contributed by atoms with Gasteiger partial charge in [0, 0.05) is 24.0 Å². The summed E-state index contributed by atoms with van der Waals surface area (Å²) in [6, 6.07) is 14.5. The first kappa shape index (κ1) is 20.1. The fraction of sp³-hybridized carbons (Fsp3) is 0.286. The van der Waals surface area contributed by atoms with E-state index >= 15 is 0 Å². The van der Waals surface area contributed by atoms with Crippen LogP contribution in [-0.4, -0.2) is 54.3 Å². The van der Waals surface area contributed by atoms with Crippen molar-refractivity contribution in [3.63, 3.8) is 0 Å². The quantitative estimate of drug-likeness (QED) is 0.669. The number of carbonyl (C=O) groups excluding carboxylic acids is 3. The van der Waals surface area contributed by atoms with Gasteiger partial charge in [-0.05, 0) is 42.0 Å². The Labute approximate surface area is 177 Å². The van der Waals surface area contributed by atoms with Gasteiger partial charge in [0.15, 0.2) is 6.10 Å². The van der Waals surface area contributed by atoms with E-state index in [1.807, 2.05) is 18.2 Å². The lowest BCUT2D eigenvalue weighted by Gasteiger charge is -2.15. The molecule has 0 saturated carbocycles. The van der Waals surface area contributed by atoms with Crippen LogP contribution in [0.2, 0.25) is 0 Å². The first-order valence-corrected chi connectivity index (χ1v) is 10.2. The monoisotopic (exact) mass is 428 g/mol. The van der Waals surface area contributed by atoms with Crippen molar-refractivity contribution in [3.05, 3.63) is 54.1 Å². The first-order chi connectivity index (χ1) is 14.5. The molecule has 2 aliphatic rings. The third-order valence-corrected chi connectivity index (χ3v) is 5.53. The zero-order valence-electron chi connectivity index (χ0n) is 16.3. The number of hydrogen-bond donors (Lipinski definition) is 0. The molecule has 8 nitrogen and oxygen atoms in total. The van der Waals surface area contributed by atoms with Gasteiger partial charge >= 0.3 is 6.09 Å². The minimum Gasteiger partial charge on any atom is -0.497 e. The van der Waals surface area contributed by atoms with Crippen LogP contribution in [0.3, 0.4) is 0 Å². The van der Waals surface area contributed by atoms with Crippen molar-refractivity contribution in [1.29, 1.82) is 0 Å². The van der Waals surface area contributed by atoms with E-state index in [9.17, 15) is 14.4 Å². The number of ether oxygens (including phenoxy) is 3. The molecule has 2 heterocycles. The number of carbonyl (C=O) groups is 3. The van der Waals surface area contributed by atoms with Crippen LogP contribution in [0.25, 0.3) is 0 Å². The maximum atomic E-state index is 12.2. The van der Waals surface area contributed by atoms with Crippen molar-refractivity contribution in [2.75, 3.05) is 31.7 Å². The number of hydrogen-bond acceptors (Lipinski definition) is 7. The van der Waals surface area contributed by atoms with Crippen LogP contribution >= 0.6 is 11.8 Å². The molecule has 0 aromatic heterocycles. The van der Waals surface area contributed by atoms with E-state index in [2.05, 4.69) is 0 Å². The largest absolute Gasteiger partial charge is 0.497 e. The zero-order valence-corrected chi connectivity index (χ0v) is 17.1. The number of nitrogens with zero attached hydrogens (tertiary/aromatic N) is 2. The predicted octanol–water partition coefficient (Wildman–Crippen LogP) is 3.29. The van der Waals surface area contributed by atoms with Crippen molar-refractivity contribution >= 4 is 33.9 Å². The van der Waals surface area contributed by atoms with E-state index in [-0.39, 0.29) is 23.5 Å². The number of benzene rings is 2. The number of methoxy groups -OCH3 is 1. The third-order valence-electron chi connectivity index (χ3n) is 4.75. The predicted molar refractivity (Wildman–Crippen MR) is 111 cm³/mol. The fourth-order valence-electron chi connectivity index (χ4n) is 3.26. The molecule has 2 aromatic carbocycles. The molecule has 2 aliphatic heterocycles. The summed E-state index contributed by atoms with van der Waals surface area (Å²) in [4.78, 5) is 38.4. The topological polar surface area (TPSA) is 85.4 Å². The molecule has 0 radical (unpaired) electrons. The van der Waals surface area contributed by atoms with Gasteiger partial charge in [0.25, 0.3) is 5.24 Å². The van der Waals surface area contributed by atoms with Crippen LogP contribution in [0.1, 0.15) is 5.56 Å². The molecule has 1 unspecified atom stereocenters. The van der Waals surface area contributed by atoms with Gasteiger partial charge in [0.05, 0.1) is 20.2 Å². The van der Waals surface area contributed by atoms with E-state index in [1.54, 1.807) is 42.3 Å². The average molecular weight is 428 g/mol. The summed E-state index contributed by atoms with van der Waals surface area (Å²) in [6.45, 7) is 1.05. The third kappa shape index (κ3) is 4.51. The Balaban J connectivity index is 1.33. The molecule has 0 bridgehead atoms. The Bertz CT molecular complexity index is 964. The SMILES string of the molecule is COc1ccc(N2CC(COc3cccc(CN4CC(=O)SC4=O)c3)OC2=O)cc1. The second kappa shape index (κ2) is 8.66. The summed E-state index contributed by atoms with van der Waals surface area (Å²) in [5, 5.41) is -0.375. The summed E-state index contributed by atoms with van der Waals surface area (Å²) in [6.07, 6.45) is -0.824. The summed E-state index contributed by atoms with van der Waals surface area (Å²) in [5.74, 6) is 1.32. The van der Waals surface area contributed by atoms with E-state index in [0.717, 1.165) is 23.0 Å². The maximum absolute atomic E-state index is 12.2. The van der Waals surface area contributed by atoms with Crippen molar-refractivity contribution in [2.45, 2.75) is 12.6 Å². The summed E-state index contributed by atoms with van der Waals surface area (Å²) < 4.78 is 16.4. The number of amides is 2. The van der Waals surface area contributed by atoms with E-state index in [0.29, 0.717) is 24.6 Å². The lowest BCUT2D eigenvalue weighted by Crippen LogP contribution is -2.26. The van der Waals surface area contributed by atoms with Crippen LogP contribution < -0.4 is 14.4 Å². The molecular weight excluding hydrogens is 408 g/mol. The normalized spacial score (nSPS) is 18.7. The molecule has 30 heavy (non-hydrogen) atoms. The van der Waals surface area contributed by atoms with E-state index in [4.69, 9.17) is 14.2 Å². The Morgan fingerprint density at radius 3 is 2.60 bits per heavy atom. The Morgan fingerprint density at radius 2 is 1.90 bits per heavy atom. The standard InChI is InChI=1S/C21H20N2O6S/c1-27-16-7-5-15(6-8-16)23-11-18(29-20(23)25)13-28-17-4-2-3-14(9-17)10-22-12-19(24)30-21(22)26/h2-9,18H,10-13H2,1H3. The van der Waals surface area contributed by atoms with E-state index < -0.39 is 12.2 Å². The smallest absolute Gasteiger partial charge is 0.414 e. The van der Waals surface area contributed by atoms with Crippen molar-refractivity contribution in [2.24, 2.45) is 0 Å². The van der Waals surface area contributed by atoms with Gasteiger partial charge in [-0.25, -0.2) is 4.79 Å². The highest BCUT2D eigenvalue weighted by atomic mass is 32.2. The molecule has 9 heteroatoms. The minimum atomic E-state index is -0.419. The number of cyclic esters (lactones) is 1. The van der Waals surface area contributed by atoms with Gasteiger partial charge in [-0.3, -0.25) is 14.5 Å². The maximum Gasteiger partial charge on any atom is 0.414 e. The van der Waals surface area contributed by atoms with Crippen LogP contribution in [0.5, 0.6) is 11.5 Å². The molecular formula is C21H20N2O6S. The molecule has 4 rings (SSSR count). The molecule has 2 amide bonds. The van der Waals surface area contributed by atoms with Crippen LogP contribution in [0.4, 0.5) is 15.3 Å². The molecule has 0 N–H and O–H groups in total. The molecule has 156 valence electrons. The molecule has 2 saturated heterocycles. The molecule has 2 aromatic rings. The molecule has 0 spiro atoms. The zero-order chi connectivity index (χ0) is 21.1. The highest BCUT2D eigenvalue weighted by molar-refractivity contribution is 8.26. The van der Waals surface area contributed by atoms with Crippen molar-refractivity contribution in [3.8, 4) is 11.5 Å². The highest BCUT2D eigenvalue weighted by Gasteiger charge is 2.33. The van der Waals surface area contributed by atoms with Gasteiger partial charge < -0.3 is 19.1 Å². The lowest BCUT2D eigenvalue weighted by molar-refractivity contribution is -0.110. The fourth-order valence-corrected chi connectivity index (χ4v) is 3.93. The van der Waals surface area contributed by atoms with Gasteiger partial charge in [-0.15, -0.1) is 0 Å². The molecule has 0 aliphatic carbocycles. The van der Waals surface area contributed by atoms with Crippen LogP contribution in [0.15, 0.2) is 48.5 Å². The van der Waals surface area contributed by atoms with Crippen molar-refractivity contribution < 1.29 is 28.6 Å². The second-order valence-corrected chi connectivity index (χ2v) is 7.88. The van der Waals surface area contributed by atoms with E-state index in [1.165, 1.54) is 4.90 Å². The molecule has 2 fully saturated rings. The van der Waals surface area contributed by atoms with Gasteiger partial charge in [-0.1, -0.05) is 12.1 Å². The van der Waals surface area contributed by atoms with Crippen LogP contribution in [-0.2, 0) is 16.1 Å². The number of thioether (sulfide) groups is 1. The number of anilines is 1. The van der Waals surface area contributed by atoms with Gasteiger partial charge in [-0.2, -0.15) is 0 Å². The average Bonchev–Trinajstić information content (AvgIpc) is 3.27. The minimum absolute atomic E-state index is 0.119. The van der Waals surface area contributed by atoms with Crippen molar-refractivity contribution in [1.82, 2.24) is 4.90 Å². The summed E-state index contributed by atoms with van der Waals surface area (Å²) in [7, 11) is 1.59. The Morgan fingerprint density at radius 1 is 1.10 bits per heavy atom. The molecule has 1 atom stereocenters. The van der Waals surface area contributed by atoms with Gasteiger partial charge in [0.2, 0.25) is 5.12 Å². The van der Waals surface area contributed by atoms with Gasteiger partial charge in [0.1, 0.15) is 18.1 Å². The Hall–Kier alpha value is -3.20. The first-order valence-electron chi connectivity index (χ1n) is 9.35.